The zero-order chi connectivity index (χ0) is 12.6. The summed E-state index contributed by atoms with van der Waals surface area (Å²) in [5.41, 5.74) is 0. The number of nitrogens with one attached hydrogen (secondary N) is 2. The van der Waals surface area contributed by atoms with E-state index in [1.807, 2.05) is 0 Å². The fourth-order valence-corrected chi connectivity index (χ4v) is 3.28. The molecule has 1 saturated carbocycles. The third-order valence-corrected chi connectivity index (χ3v) is 4.45. The topological polar surface area (TPSA) is 41.1 Å². The zero-order valence-electron chi connectivity index (χ0n) is 11.5. The van der Waals surface area contributed by atoms with Gasteiger partial charge in [-0.15, -0.1) is 0 Å². The van der Waals surface area contributed by atoms with Crippen molar-refractivity contribution in [2.75, 3.05) is 13.1 Å². The lowest BCUT2D eigenvalue weighted by molar-refractivity contribution is -0.121. The molecule has 1 amide bonds. The van der Waals surface area contributed by atoms with Gasteiger partial charge in [-0.2, -0.15) is 0 Å². The van der Waals surface area contributed by atoms with Crippen LogP contribution < -0.4 is 10.6 Å². The summed E-state index contributed by atoms with van der Waals surface area (Å²) in [5.74, 6) is 1.16. The molecule has 3 nitrogen and oxygen atoms in total. The highest BCUT2D eigenvalue weighted by atomic mass is 16.1. The third kappa shape index (κ3) is 4.97. The Morgan fingerprint density at radius 3 is 2.67 bits per heavy atom. The molecule has 1 heterocycles. The molecule has 0 spiro atoms. The van der Waals surface area contributed by atoms with Gasteiger partial charge in [0.05, 0.1) is 0 Å². The second kappa shape index (κ2) is 7.78. The van der Waals surface area contributed by atoms with Crippen molar-refractivity contribution in [1.82, 2.24) is 10.6 Å². The van der Waals surface area contributed by atoms with Gasteiger partial charge in [0.15, 0.2) is 0 Å². The van der Waals surface area contributed by atoms with E-state index in [-0.39, 0.29) is 5.91 Å². The molecule has 2 N–H and O–H groups in total. The van der Waals surface area contributed by atoms with Gasteiger partial charge in [0.25, 0.3) is 0 Å². The molecule has 1 saturated heterocycles. The average molecular weight is 252 g/mol. The summed E-state index contributed by atoms with van der Waals surface area (Å²) in [6, 6.07) is 0.521. The second-order valence-corrected chi connectivity index (χ2v) is 5.99. The van der Waals surface area contributed by atoms with Crippen LogP contribution >= 0.6 is 0 Å². The monoisotopic (exact) mass is 252 g/mol. The van der Waals surface area contributed by atoms with Crippen molar-refractivity contribution in [3.63, 3.8) is 0 Å². The lowest BCUT2D eigenvalue weighted by atomic mass is 9.86. The van der Waals surface area contributed by atoms with Crippen LogP contribution in [0.25, 0.3) is 0 Å². The highest BCUT2D eigenvalue weighted by Gasteiger charge is 2.16. The predicted octanol–water partition coefficient (Wildman–Crippen LogP) is 2.61. The zero-order valence-corrected chi connectivity index (χ0v) is 11.5. The fraction of sp³-hybridized carbons (Fsp3) is 0.933. The summed E-state index contributed by atoms with van der Waals surface area (Å²) in [6.07, 6.45) is 12.6. The molecule has 104 valence electrons. The molecule has 1 unspecified atom stereocenters. The number of carbonyl (C=O) groups is 1. The van der Waals surface area contributed by atoms with Gasteiger partial charge >= 0.3 is 0 Å². The van der Waals surface area contributed by atoms with Gasteiger partial charge in [0, 0.05) is 19.0 Å². The summed E-state index contributed by atoms with van der Waals surface area (Å²) >= 11 is 0. The molecule has 2 aliphatic rings. The minimum Gasteiger partial charge on any atom is -0.355 e. The first-order chi connectivity index (χ1) is 8.84. The Kier molecular flexibility index (Phi) is 5.98. The largest absolute Gasteiger partial charge is 0.355 e. The molecule has 2 rings (SSSR count). The smallest absolute Gasteiger partial charge is 0.220 e. The van der Waals surface area contributed by atoms with Crippen LogP contribution in [0.2, 0.25) is 0 Å². The fourth-order valence-electron chi connectivity index (χ4n) is 3.28. The van der Waals surface area contributed by atoms with Crippen LogP contribution in [-0.2, 0) is 4.79 Å². The van der Waals surface area contributed by atoms with Crippen LogP contribution in [0, 0.1) is 5.92 Å². The number of carbonyl (C=O) groups excluding carboxylic acids is 1. The number of hydrogen-bond donors (Lipinski definition) is 2. The van der Waals surface area contributed by atoms with Crippen molar-refractivity contribution >= 4 is 5.91 Å². The van der Waals surface area contributed by atoms with E-state index in [9.17, 15) is 4.79 Å². The lowest BCUT2D eigenvalue weighted by Gasteiger charge is -2.21. The van der Waals surface area contributed by atoms with Gasteiger partial charge in [0.1, 0.15) is 0 Å². The summed E-state index contributed by atoms with van der Waals surface area (Å²) in [7, 11) is 0. The lowest BCUT2D eigenvalue weighted by Crippen LogP contribution is -2.37. The standard InChI is InChI=1S/C15H28N2O/c18-15(17-12-14-9-5-11-16-14)10-4-8-13-6-2-1-3-7-13/h13-14,16H,1-12H2,(H,17,18). The maximum atomic E-state index is 11.7. The van der Waals surface area contributed by atoms with E-state index in [1.54, 1.807) is 0 Å². The highest BCUT2D eigenvalue weighted by molar-refractivity contribution is 5.75. The van der Waals surface area contributed by atoms with Crippen LogP contribution in [0.15, 0.2) is 0 Å². The van der Waals surface area contributed by atoms with Crippen LogP contribution in [-0.4, -0.2) is 25.0 Å². The molecule has 0 aromatic heterocycles. The first-order valence-corrected chi connectivity index (χ1v) is 7.84. The maximum absolute atomic E-state index is 11.7. The molecule has 1 aliphatic carbocycles. The summed E-state index contributed by atoms with van der Waals surface area (Å²) in [4.78, 5) is 11.7. The second-order valence-electron chi connectivity index (χ2n) is 5.99. The van der Waals surface area contributed by atoms with Crippen LogP contribution in [0.4, 0.5) is 0 Å². The summed E-state index contributed by atoms with van der Waals surface area (Å²) in [5, 5.41) is 6.47. The van der Waals surface area contributed by atoms with Gasteiger partial charge < -0.3 is 10.6 Å². The first kappa shape index (κ1) is 13.9. The minimum absolute atomic E-state index is 0.250. The molecule has 3 heteroatoms. The molecular weight excluding hydrogens is 224 g/mol. The Balaban J connectivity index is 1.48. The van der Waals surface area contributed by atoms with Crippen molar-refractivity contribution < 1.29 is 4.79 Å². The van der Waals surface area contributed by atoms with E-state index in [1.165, 1.54) is 51.4 Å². The van der Waals surface area contributed by atoms with Crippen molar-refractivity contribution in [2.24, 2.45) is 5.92 Å². The maximum Gasteiger partial charge on any atom is 0.220 e. The van der Waals surface area contributed by atoms with E-state index >= 15 is 0 Å². The quantitative estimate of drug-likeness (QED) is 0.763. The van der Waals surface area contributed by atoms with Crippen LogP contribution in [0.3, 0.4) is 0 Å². The molecular formula is C15H28N2O. The number of hydrogen-bond acceptors (Lipinski definition) is 2. The molecule has 0 aromatic rings. The highest BCUT2D eigenvalue weighted by Crippen LogP contribution is 2.27. The Labute approximate surface area is 111 Å². The molecule has 0 bridgehead atoms. The van der Waals surface area contributed by atoms with Gasteiger partial charge in [-0.3, -0.25) is 4.79 Å². The number of rotatable bonds is 6. The molecule has 18 heavy (non-hydrogen) atoms. The van der Waals surface area contributed by atoms with E-state index in [0.717, 1.165) is 31.8 Å². The summed E-state index contributed by atoms with van der Waals surface area (Å²) in [6.45, 7) is 1.93. The molecule has 1 aliphatic heterocycles. The van der Waals surface area contributed by atoms with E-state index in [2.05, 4.69) is 10.6 Å². The Bertz CT molecular complexity index is 243. The van der Waals surface area contributed by atoms with Crippen LogP contribution in [0.1, 0.15) is 64.2 Å². The van der Waals surface area contributed by atoms with Crippen molar-refractivity contribution in [1.29, 1.82) is 0 Å². The summed E-state index contributed by atoms with van der Waals surface area (Å²) < 4.78 is 0. The van der Waals surface area contributed by atoms with Gasteiger partial charge in [-0.05, 0) is 38.1 Å². The molecule has 1 atom stereocenters. The molecule has 0 radical (unpaired) electrons. The molecule has 2 fully saturated rings. The average Bonchev–Trinajstić information content (AvgIpc) is 2.91. The van der Waals surface area contributed by atoms with Gasteiger partial charge in [-0.25, -0.2) is 0 Å². The van der Waals surface area contributed by atoms with E-state index in [4.69, 9.17) is 0 Å². The third-order valence-electron chi connectivity index (χ3n) is 4.45. The Morgan fingerprint density at radius 2 is 1.94 bits per heavy atom. The van der Waals surface area contributed by atoms with Crippen molar-refractivity contribution in [3.05, 3.63) is 0 Å². The van der Waals surface area contributed by atoms with Crippen molar-refractivity contribution in [2.45, 2.75) is 70.3 Å². The van der Waals surface area contributed by atoms with Gasteiger partial charge in [-0.1, -0.05) is 32.1 Å². The number of amides is 1. The predicted molar refractivity (Wildman–Crippen MR) is 74.5 cm³/mol. The molecule has 0 aromatic carbocycles. The Hall–Kier alpha value is -0.570. The van der Waals surface area contributed by atoms with E-state index < -0.39 is 0 Å². The normalized spacial score (nSPS) is 25.2. The minimum atomic E-state index is 0.250. The first-order valence-electron chi connectivity index (χ1n) is 7.84. The Morgan fingerprint density at radius 1 is 1.11 bits per heavy atom. The SMILES string of the molecule is O=C(CCCC1CCCCC1)NCC1CCCN1. The van der Waals surface area contributed by atoms with Crippen molar-refractivity contribution in [3.8, 4) is 0 Å². The van der Waals surface area contributed by atoms with Gasteiger partial charge in [0.2, 0.25) is 5.91 Å². The van der Waals surface area contributed by atoms with E-state index in [0.29, 0.717) is 6.04 Å². The van der Waals surface area contributed by atoms with Crippen LogP contribution in [0.5, 0.6) is 0 Å².